The van der Waals surface area contributed by atoms with E-state index in [4.69, 9.17) is 14.4 Å². The maximum absolute atomic E-state index is 6.40. The van der Waals surface area contributed by atoms with Gasteiger partial charge in [-0.1, -0.05) is 86.6 Å². The maximum Gasteiger partial charge on any atom is 0.180 e. The summed E-state index contributed by atoms with van der Waals surface area (Å²) in [6.07, 6.45) is 0. The van der Waals surface area contributed by atoms with E-state index in [1.54, 1.807) is 0 Å². The van der Waals surface area contributed by atoms with Crippen LogP contribution in [0.1, 0.15) is 25.3 Å². The molecular weight excluding hydrogens is 344 g/mol. The lowest BCUT2D eigenvalue weighted by Crippen LogP contribution is -1.93. The highest BCUT2D eigenvalue weighted by molar-refractivity contribution is 6.08. The van der Waals surface area contributed by atoms with Crippen molar-refractivity contribution in [3.8, 4) is 22.6 Å². The van der Waals surface area contributed by atoms with Gasteiger partial charge in [0.05, 0.1) is 0 Å². The lowest BCUT2D eigenvalue weighted by molar-refractivity contribution is 0.655. The van der Waals surface area contributed by atoms with Crippen LogP contribution < -0.4 is 0 Å². The van der Waals surface area contributed by atoms with Crippen molar-refractivity contribution in [2.45, 2.75) is 19.8 Å². The highest BCUT2D eigenvalue weighted by Gasteiger charge is 2.20. The minimum atomic E-state index is 0.367. The van der Waals surface area contributed by atoms with Gasteiger partial charge in [-0.15, -0.1) is 0 Å². The zero-order valence-electron chi connectivity index (χ0n) is 15.9. The molecule has 5 aromatic rings. The normalized spacial score (nSPS) is 11.5. The van der Waals surface area contributed by atoms with E-state index in [9.17, 15) is 0 Å². The predicted octanol–water partition coefficient (Wildman–Crippen LogP) is 6.83. The van der Waals surface area contributed by atoms with Gasteiger partial charge in [-0.05, 0) is 17.5 Å². The van der Waals surface area contributed by atoms with Crippen LogP contribution in [0.4, 0.5) is 0 Å². The molecule has 0 spiro atoms. The Morgan fingerprint density at radius 3 is 2.04 bits per heavy atom. The molecule has 0 unspecified atom stereocenters. The average molecular weight is 364 g/mol. The van der Waals surface area contributed by atoms with Gasteiger partial charge in [0, 0.05) is 16.5 Å². The van der Waals surface area contributed by atoms with Gasteiger partial charge in [0.15, 0.2) is 11.4 Å². The molecule has 5 rings (SSSR count). The molecule has 0 saturated carbocycles. The fourth-order valence-electron chi connectivity index (χ4n) is 3.65. The standard InChI is InChI=1S/C25H20N2O/c1-16(2)19-14-9-15-20-22-24(28-23(19)20)21(17-10-5-3-6-11-17)26-25(27-22)18-12-7-4-8-13-18/h3-16H,1-2H3. The highest BCUT2D eigenvalue weighted by atomic mass is 16.3. The van der Waals surface area contributed by atoms with Gasteiger partial charge < -0.3 is 4.42 Å². The third-order valence-electron chi connectivity index (χ3n) is 5.07. The molecular formula is C25H20N2O. The molecule has 0 aliphatic rings. The number of benzene rings is 3. The molecule has 0 saturated heterocycles. The number of para-hydroxylation sites is 1. The van der Waals surface area contributed by atoms with Crippen LogP contribution in [0.5, 0.6) is 0 Å². The summed E-state index contributed by atoms with van der Waals surface area (Å²) < 4.78 is 6.40. The average Bonchev–Trinajstić information content (AvgIpc) is 3.13. The Balaban J connectivity index is 1.90. The first-order valence-electron chi connectivity index (χ1n) is 9.56. The third-order valence-corrected chi connectivity index (χ3v) is 5.07. The van der Waals surface area contributed by atoms with Gasteiger partial charge in [0.25, 0.3) is 0 Å². The number of nitrogens with zero attached hydrogens (tertiary/aromatic N) is 2. The molecule has 3 nitrogen and oxygen atoms in total. The van der Waals surface area contributed by atoms with Crippen molar-refractivity contribution in [2.24, 2.45) is 0 Å². The number of rotatable bonds is 3. The van der Waals surface area contributed by atoms with Crippen LogP contribution in [0.3, 0.4) is 0 Å². The van der Waals surface area contributed by atoms with Crippen LogP contribution in [0.15, 0.2) is 83.3 Å². The van der Waals surface area contributed by atoms with Crippen molar-refractivity contribution < 1.29 is 4.42 Å². The van der Waals surface area contributed by atoms with Crippen LogP contribution in [0, 0.1) is 0 Å². The van der Waals surface area contributed by atoms with E-state index in [0.717, 1.165) is 38.9 Å². The zero-order chi connectivity index (χ0) is 19.1. The van der Waals surface area contributed by atoms with E-state index >= 15 is 0 Å². The van der Waals surface area contributed by atoms with E-state index in [0.29, 0.717) is 11.7 Å². The zero-order valence-corrected chi connectivity index (χ0v) is 15.9. The summed E-state index contributed by atoms with van der Waals surface area (Å²) in [6, 6.07) is 26.6. The fourth-order valence-corrected chi connectivity index (χ4v) is 3.65. The van der Waals surface area contributed by atoms with Gasteiger partial charge in [-0.25, -0.2) is 9.97 Å². The Bertz CT molecular complexity index is 1270. The summed E-state index contributed by atoms with van der Waals surface area (Å²) in [5.74, 6) is 1.08. The SMILES string of the molecule is CC(C)c1cccc2c1oc1c(-c3ccccc3)nc(-c3ccccc3)nc12. The molecule has 0 fully saturated rings. The summed E-state index contributed by atoms with van der Waals surface area (Å²) >= 11 is 0. The van der Waals surface area contributed by atoms with Crippen molar-refractivity contribution in [1.82, 2.24) is 9.97 Å². The molecule has 3 aromatic carbocycles. The number of hydrogen-bond donors (Lipinski definition) is 0. The predicted molar refractivity (Wildman–Crippen MR) is 114 cm³/mol. The summed E-state index contributed by atoms with van der Waals surface area (Å²) in [5.41, 5.74) is 6.56. The Morgan fingerprint density at radius 1 is 0.679 bits per heavy atom. The fraction of sp³-hybridized carbons (Fsp3) is 0.120. The van der Waals surface area contributed by atoms with E-state index in [2.05, 4.69) is 44.2 Å². The highest BCUT2D eigenvalue weighted by Crippen LogP contribution is 2.38. The molecule has 0 atom stereocenters. The second-order valence-corrected chi connectivity index (χ2v) is 7.29. The molecule has 2 aromatic heterocycles. The molecule has 0 amide bonds. The molecule has 28 heavy (non-hydrogen) atoms. The number of furan rings is 1. The Labute approximate surface area is 163 Å². The van der Waals surface area contributed by atoms with Crippen molar-refractivity contribution >= 4 is 22.1 Å². The summed E-state index contributed by atoms with van der Waals surface area (Å²) in [7, 11) is 0. The van der Waals surface area contributed by atoms with Crippen LogP contribution in [-0.2, 0) is 0 Å². The smallest absolute Gasteiger partial charge is 0.180 e. The molecule has 0 bridgehead atoms. The second kappa shape index (κ2) is 6.61. The van der Waals surface area contributed by atoms with Crippen molar-refractivity contribution in [3.63, 3.8) is 0 Å². The Morgan fingerprint density at radius 2 is 1.36 bits per heavy atom. The molecule has 0 radical (unpaired) electrons. The van der Waals surface area contributed by atoms with Gasteiger partial charge in [0.1, 0.15) is 16.8 Å². The van der Waals surface area contributed by atoms with Crippen molar-refractivity contribution in [1.29, 1.82) is 0 Å². The Kier molecular flexibility index (Phi) is 3.94. The van der Waals surface area contributed by atoms with E-state index in [1.165, 1.54) is 5.56 Å². The first-order chi connectivity index (χ1) is 13.7. The largest absolute Gasteiger partial charge is 0.452 e. The lowest BCUT2D eigenvalue weighted by atomic mass is 10.0. The first kappa shape index (κ1) is 16.7. The van der Waals surface area contributed by atoms with E-state index in [-0.39, 0.29) is 0 Å². The van der Waals surface area contributed by atoms with Crippen molar-refractivity contribution in [2.75, 3.05) is 0 Å². The molecule has 0 aliphatic heterocycles. The third kappa shape index (κ3) is 2.67. The van der Waals surface area contributed by atoms with Gasteiger partial charge >= 0.3 is 0 Å². The molecule has 2 heterocycles. The number of fused-ring (bicyclic) bond motifs is 3. The topological polar surface area (TPSA) is 38.9 Å². The van der Waals surface area contributed by atoms with Crippen LogP contribution >= 0.6 is 0 Å². The van der Waals surface area contributed by atoms with Gasteiger partial charge in [-0.2, -0.15) is 0 Å². The van der Waals surface area contributed by atoms with Gasteiger partial charge in [-0.3, -0.25) is 0 Å². The number of aromatic nitrogens is 2. The molecule has 3 heteroatoms. The minimum Gasteiger partial charge on any atom is -0.452 e. The monoisotopic (exact) mass is 364 g/mol. The second-order valence-electron chi connectivity index (χ2n) is 7.29. The van der Waals surface area contributed by atoms with Gasteiger partial charge in [0.2, 0.25) is 0 Å². The maximum atomic E-state index is 6.40. The first-order valence-corrected chi connectivity index (χ1v) is 9.56. The summed E-state index contributed by atoms with van der Waals surface area (Å²) in [4.78, 5) is 9.82. The Hall–Kier alpha value is -3.46. The van der Waals surface area contributed by atoms with Crippen LogP contribution in [-0.4, -0.2) is 9.97 Å². The van der Waals surface area contributed by atoms with Crippen LogP contribution in [0.2, 0.25) is 0 Å². The van der Waals surface area contributed by atoms with Crippen LogP contribution in [0.25, 0.3) is 44.7 Å². The summed E-state index contributed by atoms with van der Waals surface area (Å²) in [6.45, 7) is 4.36. The summed E-state index contributed by atoms with van der Waals surface area (Å²) in [5, 5.41) is 1.04. The quantitative estimate of drug-likeness (QED) is 0.352. The lowest BCUT2D eigenvalue weighted by Gasteiger charge is -2.05. The molecule has 0 aliphatic carbocycles. The van der Waals surface area contributed by atoms with E-state index in [1.807, 2.05) is 48.5 Å². The molecule has 136 valence electrons. The van der Waals surface area contributed by atoms with E-state index < -0.39 is 0 Å². The number of hydrogen-bond acceptors (Lipinski definition) is 3. The minimum absolute atomic E-state index is 0.367. The van der Waals surface area contributed by atoms with Crippen molar-refractivity contribution in [3.05, 3.63) is 84.4 Å². The molecule has 0 N–H and O–H groups in total.